The highest BCUT2D eigenvalue weighted by atomic mass is 16.2. The Morgan fingerprint density at radius 3 is 2.96 bits per heavy atom. The van der Waals surface area contributed by atoms with Crippen molar-refractivity contribution < 1.29 is 9.59 Å². The van der Waals surface area contributed by atoms with Gasteiger partial charge in [0, 0.05) is 37.5 Å². The number of H-pyrrole nitrogens is 1. The normalized spacial score (nSPS) is 14.7. The van der Waals surface area contributed by atoms with Crippen LogP contribution in [-0.4, -0.2) is 33.7 Å². The predicted molar refractivity (Wildman–Crippen MR) is 110 cm³/mol. The number of benzene rings is 1. The molecule has 2 amide bonds. The summed E-state index contributed by atoms with van der Waals surface area (Å²) in [6.07, 6.45) is 8.04. The van der Waals surface area contributed by atoms with Gasteiger partial charge in [0.1, 0.15) is 5.82 Å². The van der Waals surface area contributed by atoms with E-state index in [4.69, 9.17) is 0 Å². The second kappa shape index (κ2) is 7.31. The number of nitrogens with one attached hydrogen (secondary N) is 2. The van der Waals surface area contributed by atoms with E-state index in [1.165, 1.54) is 0 Å². The zero-order valence-electron chi connectivity index (χ0n) is 15.9. The van der Waals surface area contributed by atoms with E-state index in [2.05, 4.69) is 33.5 Å². The van der Waals surface area contributed by atoms with Crippen LogP contribution in [0.2, 0.25) is 0 Å². The average molecular weight is 374 g/mol. The van der Waals surface area contributed by atoms with Crippen LogP contribution in [0, 0.1) is 0 Å². The summed E-state index contributed by atoms with van der Waals surface area (Å²) in [5.74, 6) is 0.530. The highest BCUT2D eigenvalue weighted by Crippen LogP contribution is 2.24. The number of fused-ring (bicyclic) bond motifs is 2. The summed E-state index contributed by atoms with van der Waals surface area (Å²) >= 11 is 0. The van der Waals surface area contributed by atoms with E-state index in [1.54, 1.807) is 30.3 Å². The molecule has 3 aromatic rings. The summed E-state index contributed by atoms with van der Waals surface area (Å²) in [7, 11) is 1.80. The molecule has 0 saturated carbocycles. The van der Waals surface area contributed by atoms with E-state index in [-0.39, 0.29) is 17.9 Å². The van der Waals surface area contributed by atoms with Crippen LogP contribution in [0.15, 0.2) is 48.8 Å². The molecule has 1 unspecified atom stereocenters. The van der Waals surface area contributed by atoms with Crippen LogP contribution in [-0.2, 0) is 16.0 Å². The maximum absolute atomic E-state index is 12.6. The lowest BCUT2D eigenvalue weighted by atomic mass is 10.0. The van der Waals surface area contributed by atoms with Gasteiger partial charge in [-0.05, 0) is 59.7 Å². The van der Waals surface area contributed by atoms with Crippen LogP contribution < -0.4 is 5.32 Å². The molecule has 2 aromatic heterocycles. The van der Waals surface area contributed by atoms with E-state index in [0.717, 1.165) is 27.6 Å². The Hall–Kier alpha value is -3.41. The molecule has 6 nitrogen and oxygen atoms in total. The third-order valence-corrected chi connectivity index (χ3v) is 5.28. The number of aryl methyl sites for hydroxylation is 1. The maximum atomic E-state index is 12.6. The van der Waals surface area contributed by atoms with Crippen molar-refractivity contribution in [2.24, 2.45) is 0 Å². The van der Waals surface area contributed by atoms with Gasteiger partial charge in [0.15, 0.2) is 0 Å². The van der Waals surface area contributed by atoms with E-state index < -0.39 is 0 Å². The summed E-state index contributed by atoms with van der Waals surface area (Å²) in [5.41, 5.74) is 3.98. The van der Waals surface area contributed by atoms with Gasteiger partial charge in [0.25, 0.3) is 0 Å². The summed E-state index contributed by atoms with van der Waals surface area (Å²) in [6.45, 7) is 2.01. The highest BCUT2D eigenvalue weighted by Gasteiger charge is 2.17. The topological polar surface area (TPSA) is 78.1 Å². The molecular formula is C22H22N4O2. The zero-order chi connectivity index (χ0) is 19.7. The second-order valence-corrected chi connectivity index (χ2v) is 7.11. The first-order valence-electron chi connectivity index (χ1n) is 9.32. The van der Waals surface area contributed by atoms with E-state index in [0.29, 0.717) is 18.7 Å². The van der Waals surface area contributed by atoms with Crippen LogP contribution in [0.4, 0.5) is 5.82 Å². The van der Waals surface area contributed by atoms with Crippen molar-refractivity contribution >= 4 is 34.6 Å². The van der Waals surface area contributed by atoms with Crippen LogP contribution in [0.25, 0.3) is 17.0 Å². The van der Waals surface area contributed by atoms with Crippen molar-refractivity contribution in [3.8, 4) is 0 Å². The Bertz CT molecular complexity index is 1080. The van der Waals surface area contributed by atoms with Gasteiger partial charge in [-0.15, -0.1) is 0 Å². The summed E-state index contributed by atoms with van der Waals surface area (Å²) in [5, 5.41) is 3.92. The minimum absolute atomic E-state index is 0.00776. The number of nitrogens with zero attached hydrogens (tertiary/aromatic N) is 2. The number of rotatable bonds is 4. The molecule has 2 N–H and O–H groups in total. The quantitative estimate of drug-likeness (QED) is 0.684. The Kier molecular flexibility index (Phi) is 4.69. The Labute approximate surface area is 163 Å². The molecule has 28 heavy (non-hydrogen) atoms. The summed E-state index contributed by atoms with van der Waals surface area (Å²) in [4.78, 5) is 33.3. The van der Waals surface area contributed by atoms with E-state index >= 15 is 0 Å². The smallest absolute Gasteiger partial charge is 0.246 e. The summed E-state index contributed by atoms with van der Waals surface area (Å²) < 4.78 is 0. The standard InChI is InChI=1S/C22H22N4O2/c1-14(17-5-4-16-9-10-23-19(16)12-17)26(2)21(28)8-3-15-11-18-6-7-20(27)25-22(18)24-13-15/h3-5,8-14,23H,6-7H2,1-2H3,(H,24,25,27)/b8-3+. The molecule has 6 heteroatoms. The maximum Gasteiger partial charge on any atom is 0.246 e. The Balaban J connectivity index is 1.47. The first kappa shape index (κ1) is 18.0. The Morgan fingerprint density at radius 1 is 1.25 bits per heavy atom. The predicted octanol–water partition coefficient (Wildman–Crippen LogP) is 3.68. The van der Waals surface area contributed by atoms with Crippen molar-refractivity contribution in [2.75, 3.05) is 12.4 Å². The van der Waals surface area contributed by atoms with Gasteiger partial charge >= 0.3 is 0 Å². The lowest BCUT2D eigenvalue weighted by Crippen LogP contribution is -2.27. The third-order valence-electron chi connectivity index (χ3n) is 5.28. The number of aromatic amines is 1. The molecule has 4 rings (SSSR count). The molecule has 0 fully saturated rings. The zero-order valence-corrected chi connectivity index (χ0v) is 15.9. The molecule has 0 saturated heterocycles. The number of likely N-dealkylation sites (N-methyl/N-ethyl adjacent to an activating group) is 1. The van der Waals surface area contributed by atoms with Crippen molar-refractivity contribution in [3.05, 3.63) is 65.5 Å². The van der Waals surface area contributed by atoms with Gasteiger partial charge in [0.2, 0.25) is 11.8 Å². The van der Waals surface area contributed by atoms with Gasteiger partial charge < -0.3 is 15.2 Å². The molecule has 0 aliphatic carbocycles. The number of anilines is 1. The van der Waals surface area contributed by atoms with Crippen LogP contribution in [0.1, 0.15) is 36.1 Å². The van der Waals surface area contributed by atoms with Crippen LogP contribution >= 0.6 is 0 Å². The molecule has 3 heterocycles. The van der Waals surface area contributed by atoms with E-state index in [9.17, 15) is 9.59 Å². The molecule has 0 radical (unpaired) electrons. The highest BCUT2D eigenvalue weighted by molar-refractivity contribution is 5.94. The largest absolute Gasteiger partial charge is 0.361 e. The molecule has 142 valence electrons. The number of carbonyl (C=O) groups is 2. The molecule has 1 aliphatic heterocycles. The van der Waals surface area contributed by atoms with Crippen LogP contribution in [0.3, 0.4) is 0 Å². The lowest BCUT2D eigenvalue weighted by Gasteiger charge is -2.24. The molecule has 0 bridgehead atoms. The number of carbonyl (C=O) groups excluding carboxylic acids is 2. The number of hydrogen-bond donors (Lipinski definition) is 2. The number of hydrogen-bond acceptors (Lipinski definition) is 3. The lowest BCUT2D eigenvalue weighted by molar-refractivity contribution is -0.126. The fourth-order valence-corrected chi connectivity index (χ4v) is 3.39. The molecule has 1 aliphatic rings. The van der Waals surface area contributed by atoms with Crippen molar-refractivity contribution in [1.29, 1.82) is 0 Å². The van der Waals surface area contributed by atoms with Gasteiger partial charge in [-0.25, -0.2) is 4.98 Å². The average Bonchev–Trinajstić information content (AvgIpc) is 3.18. The van der Waals surface area contributed by atoms with Gasteiger partial charge in [-0.1, -0.05) is 12.1 Å². The summed E-state index contributed by atoms with van der Waals surface area (Å²) in [6, 6.07) is 10.1. The first-order chi connectivity index (χ1) is 13.5. The Morgan fingerprint density at radius 2 is 2.11 bits per heavy atom. The van der Waals surface area contributed by atoms with Crippen molar-refractivity contribution in [1.82, 2.24) is 14.9 Å². The van der Waals surface area contributed by atoms with Crippen LogP contribution in [0.5, 0.6) is 0 Å². The van der Waals surface area contributed by atoms with Crippen molar-refractivity contribution in [3.63, 3.8) is 0 Å². The second-order valence-electron chi connectivity index (χ2n) is 7.11. The molecule has 1 aromatic carbocycles. The molecule has 0 spiro atoms. The van der Waals surface area contributed by atoms with E-state index in [1.807, 2.05) is 25.3 Å². The minimum Gasteiger partial charge on any atom is -0.361 e. The number of pyridine rings is 1. The minimum atomic E-state index is -0.0786. The fourth-order valence-electron chi connectivity index (χ4n) is 3.39. The van der Waals surface area contributed by atoms with Crippen molar-refractivity contribution in [2.45, 2.75) is 25.8 Å². The van der Waals surface area contributed by atoms with Gasteiger partial charge in [0.05, 0.1) is 6.04 Å². The number of aromatic nitrogens is 2. The number of amides is 2. The SMILES string of the molecule is CC(c1ccc2cc[nH]c2c1)N(C)C(=O)/C=C/c1cnc2c(c1)CCC(=O)N2. The first-order valence-corrected chi connectivity index (χ1v) is 9.32. The molecule has 1 atom stereocenters. The molecular weight excluding hydrogens is 352 g/mol. The van der Waals surface area contributed by atoms with Gasteiger partial charge in [-0.3, -0.25) is 9.59 Å². The van der Waals surface area contributed by atoms with Gasteiger partial charge in [-0.2, -0.15) is 0 Å². The fraction of sp³-hybridized carbons (Fsp3) is 0.227. The third kappa shape index (κ3) is 3.53. The monoisotopic (exact) mass is 374 g/mol.